The van der Waals surface area contributed by atoms with Gasteiger partial charge in [-0.15, -0.1) is 0 Å². The zero-order chi connectivity index (χ0) is 15.0. The Labute approximate surface area is 120 Å². The first-order valence-corrected chi connectivity index (χ1v) is 6.84. The molecule has 4 N–H and O–H groups in total. The lowest BCUT2D eigenvalue weighted by Crippen LogP contribution is -2.51. The fourth-order valence-electron chi connectivity index (χ4n) is 1.95. The molecule has 20 heavy (non-hydrogen) atoms. The molecule has 0 fully saturated rings. The number of amides is 1. The number of carbonyl (C=O) groups is 1. The van der Waals surface area contributed by atoms with Crippen LogP contribution in [0.5, 0.6) is 5.75 Å². The van der Waals surface area contributed by atoms with Crippen LogP contribution in [0.15, 0.2) is 24.3 Å². The fourth-order valence-corrected chi connectivity index (χ4v) is 1.95. The summed E-state index contributed by atoms with van der Waals surface area (Å²) in [5, 5.41) is 11.9. The largest absolute Gasteiger partial charge is 0.493 e. The molecule has 0 radical (unpaired) electrons. The van der Waals surface area contributed by atoms with Crippen LogP contribution < -0.4 is 15.8 Å². The Kier molecular flexibility index (Phi) is 6.48. The first-order valence-electron chi connectivity index (χ1n) is 6.84. The number of carbonyl (C=O) groups excluding carboxylic acids is 1. The van der Waals surface area contributed by atoms with E-state index in [4.69, 9.17) is 15.6 Å². The van der Waals surface area contributed by atoms with E-state index >= 15 is 0 Å². The first-order chi connectivity index (χ1) is 9.53. The molecular formula is C15H24N2O3. The predicted octanol–water partition coefficient (Wildman–Crippen LogP) is 0.844. The van der Waals surface area contributed by atoms with Crippen LogP contribution in [-0.2, 0) is 11.2 Å². The lowest BCUT2D eigenvalue weighted by molar-refractivity contribution is -0.123. The van der Waals surface area contributed by atoms with Gasteiger partial charge in [-0.25, -0.2) is 0 Å². The molecule has 0 saturated carbocycles. The topological polar surface area (TPSA) is 84.6 Å². The van der Waals surface area contributed by atoms with E-state index in [0.717, 1.165) is 11.3 Å². The Morgan fingerprint density at radius 2 is 2.15 bits per heavy atom. The van der Waals surface area contributed by atoms with E-state index in [1.54, 1.807) is 14.0 Å². The van der Waals surface area contributed by atoms with Crippen LogP contribution >= 0.6 is 0 Å². The van der Waals surface area contributed by atoms with Crippen molar-refractivity contribution in [3.8, 4) is 5.75 Å². The molecule has 0 heterocycles. The Morgan fingerprint density at radius 1 is 1.45 bits per heavy atom. The molecule has 0 saturated heterocycles. The van der Waals surface area contributed by atoms with Gasteiger partial charge in [-0.3, -0.25) is 4.79 Å². The van der Waals surface area contributed by atoms with Crippen LogP contribution in [0.4, 0.5) is 0 Å². The highest BCUT2D eigenvalue weighted by Gasteiger charge is 2.28. The number of benzene rings is 1. The highest BCUT2D eigenvalue weighted by atomic mass is 16.5. The number of aliphatic hydroxyl groups is 1. The summed E-state index contributed by atoms with van der Waals surface area (Å²) in [6.07, 6.45) is 1.90. The van der Waals surface area contributed by atoms with Gasteiger partial charge in [0, 0.05) is 6.61 Å². The van der Waals surface area contributed by atoms with Gasteiger partial charge in [-0.2, -0.15) is 0 Å². The Bertz CT molecular complexity index is 437. The van der Waals surface area contributed by atoms with E-state index < -0.39 is 5.54 Å². The summed E-state index contributed by atoms with van der Waals surface area (Å²) in [6.45, 7) is 2.39. The van der Waals surface area contributed by atoms with E-state index in [9.17, 15) is 4.79 Å². The quantitative estimate of drug-likeness (QED) is 0.585. The number of hydrogen-bond donors (Lipinski definition) is 3. The van der Waals surface area contributed by atoms with Gasteiger partial charge >= 0.3 is 0 Å². The number of nitrogens with two attached hydrogens (primary N) is 1. The van der Waals surface area contributed by atoms with Gasteiger partial charge in [-0.1, -0.05) is 18.2 Å². The monoisotopic (exact) mass is 280 g/mol. The average Bonchev–Trinajstić information content (AvgIpc) is 2.45. The zero-order valence-electron chi connectivity index (χ0n) is 12.2. The molecule has 5 heteroatoms. The van der Waals surface area contributed by atoms with Crippen LogP contribution in [0.25, 0.3) is 0 Å². The van der Waals surface area contributed by atoms with Crippen molar-refractivity contribution in [1.29, 1.82) is 0 Å². The Hall–Kier alpha value is -1.59. The summed E-state index contributed by atoms with van der Waals surface area (Å²) in [5.74, 6) is 0.424. The Balaban J connectivity index is 2.47. The minimum absolute atomic E-state index is 0.0971. The van der Waals surface area contributed by atoms with Crippen LogP contribution in [0, 0.1) is 0 Å². The molecule has 1 aromatic rings. The molecule has 0 aliphatic heterocycles. The van der Waals surface area contributed by atoms with Gasteiger partial charge in [0.05, 0.1) is 12.1 Å². The van der Waals surface area contributed by atoms with E-state index in [1.165, 1.54) is 0 Å². The number of rotatable bonds is 9. The molecule has 0 aliphatic carbocycles. The summed E-state index contributed by atoms with van der Waals surface area (Å²) >= 11 is 0. The molecule has 0 bridgehead atoms. The highest BCUT2D eigenvalue weighted by Crippen LogP contribution is 2.19. The van der Waals surface area contributed by atoms with Gasteiger partial charge in [0.2, 0.25) is 5.91 Å². The van der Waals surface area contributed by atoms with Crippen molar-refractivity contribution < 1.29 is 14.6 Å². The normalized spacial score (nSPS) is 13.8. The summed E-state index contributed by atoms with van der Waals surface area (Å²) in [7, 11) is 1.72. The minimum atomic E-state index is -0.700. The van der Waals surface area contributed by atoms with Gasteiger partial charge in [-0.05, 0) is 44.9 Å². The lowest BCUT2D eigenvalue weighted by Gasteiger charge is -2.25. The minimum Gasteiger partial charge on any atom is -0.493 e. The number of hydrogen-bond acceptors (Lipinski definition) is 4. The average molecular weight is 280 g/mol. The molecule has 0 aliphatic rings. The zero-order valence-corrected chi connectivity index (χ0v) is 12.2. The number of likely N-dealkylation sites (N-methyl/N-ethyl adjacent to an activating group) is 1. The van der Waals surface area contributed by atoms with Gasteiger partial charge in [0.15, 0.2) is 0 Å². The van der Waals surface area contributed by atoms with Crippen LogP contribution in [-0.4, -0.2) is 36.8 Å². The lowest BCUT2D eigenvalue weighted by atomic mass is 9.95. The molecule has 1 amide bonds. The fraction of sp³-hybridized carbons (Fsp3) is 0.533. The molecule has 1 atom stereocenters. The number of aliphatic hydroxyl groups excluding tert-OH is 1. The van der Waals surface area contributed by atoms with E-state index in [1.807, 2.05) is 24.3 Å². The SMILES string of the molecule is CNC(C)(CCCOc1ccccc1CCO)C(N)=O. The molecule has 1 unspecified atom stereocenters. The smallest absolute Gasteiger partial charge is 0.237 e. The Morgan fingerprint density at radius 3 is 2.75 bits per heavy atom. The summed E-state index contributed by atoms with van der Waals surface area (Å²) in [6, 6.07) is 7.64. The van der Waals surface area contributed by atoms with Gasteiger partial charge in [0.1, 0.15) is 5.75 Å². The van der Waals surface area contributed by atoms with Gasteiger partial charge in [0.25, 0.3) is 0 Å². The molecule has 0 spiro atoms. The first kappa shape index (κ1) is 16.5. The number of para-hydroxylation sites is 1. The maximum atomic E-state index is 11.3. The number of nitrogens with one attached hydrogen (secondary N) is 1. The van der Waals surface area contributed by atoms with E-state index in [-0.39, 0.29) is 12.5 Å². The molecule has 5 nitrogen and oxygen atoms in total. The number of primary amides is 1. The van der Waals surface area contributed by atoms with Crippen molar-refractivity contribution in [3.63, 3.8) is 0 Å². The maximum Gasteiger partial charge on any atom is 0.237 e. The van der Waals surface area contributed by atoms with Crippen molar-refractivity contribution in [2.75, 3.05) is 20.3 Å². The maximum absolute atomic E-state index is 11.3. The summed E-state index contributed by atoms with van der Waals surface area (Å²) < 4.78 is 5.72. The van der Waals surface area contributed by atoms with Crippen LogP contribution in [0.2, 0.25) is 0 Å². The molecular weight excluding hydrogens is 256 g/mol. The molecule has 1 aromatic carbocycles. The summed E-state index contributed by atoms with van der Waals surface area (Å²) in [5.41, 5.74) is 5.66. The highest BCUT2D eigenvalue weighted by molar-refractivity contribution is 5.84. The molecule has 0 aromatic heterocycles. The second-order valence-electron chi connectivity index (χ2n) is 4.98. The van der Waals surface area contributed by atoms with Crippen LogP contribution in [0.3, 0.4) is 0 Å². The van der Waals surface area contributed by atoms with Crippen LogP contribution in [0.1, 0.15) is 25.3 Å². The van der Waals surface area contributed by atoms with Crippen molar-refractivity contribution >= 4 is 5.91 Å². The summed E-state index contributed by atoms with van der Waals surface area (Å²) in [4.78, 5) is 11.3. The number of ether oxygens (including phenoxy) is 1. The van der Waals surface area contributed by atoms with E-state index in [0.29, 0.717) is 25.9 Å². The standard InChI is InChI=1S/C15H24N2O3/c1-15(17-2,14(16)19)9-5-11-20-13-7-4-3-6-12(13)8-10-18/h3-4,6-7,17-18H,5,8-11H2,1-2H3,(H2,16,19). The van der Waals surface area contributed by atoms with Crippen molar-refractivity contribution in [3.05, 3.63) is 29.8 Å². The third-order valence-corrected chi connectivity index (χ3v) is 3.53. The third kappa shape index (κ3) is 4.51. The predicted molar refractivity (Wildman–Crippen MR) is 78.6 cm³/mol. The second-order valence-corrected chi connectivity index (χ2v) is 4.98. The molecule has 1 rings (SSSR count). The van der Waals surface area contributed by atoms with Crippen molar-refractivity contribution in [1.82, 2.24) is 5.32 Å². The van der Waals surface area contributed by atoms with Crippen molar-refractivity contribution in [2.24, 2.45) is 5.73 Å². The molecule has 112 valence electrons. The van der Waals surface area contributed by atoms with Gasteiger partial charge < -0.3 is 20.9 Å². The van der Waals surface area contributed by atoms with E-state index in [2.05, 4.69) is 5.32 Å². The second kappa shape index (κ2) is 7.87. The third-order valence-electron chi connectivity index (χ3n) is 3.53. The van der Waals surface area contributed by atoms with Crippen molar-refractivity contribution in [2.45, 2.75) is 31.7 Å².